The molecule has 5 nitrogen and oxygen atoms in total. The first-order valence-electron chi connectivity index (χ1n) is 6.77. The molecule has 0 aliphatic carbocycles. The smallest absolute Gasteiger partial charge is 0.171 e. The summed E-state index contributed by atoms with van der Waals surface area (Å²) in [5.41, 5.74) is 6.66. The molecular weight excluding hydrogens is 366 g/mol. The number of ether oxygens (including phenoxy) is 2. The van der Waals surface area contributed by atoms with Crippen LogP contribution < -0.4 is 5.73 Å². The summed E-state index contributed by atoms with van der Waals surface area (Å²) in [5, 5.41) is 8.67. The molecule has 0 bridgehead atoms. The van der Waals surface area contributed by atoms with E-state index in [1.807, 2.05) is 24.3 Å². The fraction of sp³-hybridized carbons (Fsp3) is 0.467. The van der Waals surface area contributed by atoms with Gasteiger partial charge in [0.25, 0.3) is 0 Å². The Morgan fingerprint density at radius 3 is 2.41 bits per heavy atom. The van der Waals surface area contributed by atoms with Crippen LogP contribution in [0.25, 0.3) is 0 Å². The minimum Gasteiger partial charge on any atom is -0.384 e. The van der Waals surface area contributed by atoms with Crippen molar-refractivity contribution in [3.8, 4) is 0 Å². The van der Waals surface area contributed by atoms with Crippen molar-refractivity contribution in [1.82, 2.24) is 4.90 Å². The fourth-order valence-corrected chi connectivity index (χ4v) is 2.86. The third kappa shape index (κ3) is 5.01. The second-order valence-corrected chi connectivity index (χ2v) is 6.32. The molecule has 0 amide bonds. The van der Waals surface area contributed by atoms with Crippen molar-refractivity contribution in [2.24, 2.45) is 11.7 Å². The van der Waals surface area contributed by atoms with Crippen LogP contribution in [0.1, 0.15) is 11.5 Å². The highest BCUT2D eigenvalue weighted by Gasteiger charge is 2.30. The van der Waals surface area contributed by atoms with E-state index in [4.69, 9.17) is 32.8 Å². The highest BCUT2D eigenvalue weighted by Crippen LogP contribution is 2.29. The molecule has 0 heterocycles. The number of nitrogens with zero attached hydrogens (tertiary/aromatic N) is 1. The number of amidine groups is 1. The summed E-state index contributed by atoms with van der Waals surface area (Å²) in [4.78, 5) is 1.51. The minimum atomic E-state index is -0.233. The first kappa shape index (κ1) is 19.0. The van der Waals surface area contributed by atoms with E-state index in [2.05, 4.69) is 15.9 Å². The van der Waals surface area contributed by atoms with Crippen molar-refractivity contribution in [3.05, 3.63) is 34.3 Å². The van der Waals surface area contributed by atoms with Gasteiger partial charge in [-0.25, -0.2) is 0 Å². The molecule has 7 heteroatoms. The zero-order chi connectivity index (χ0) is 16.7. The lowest BCUT2D eigenvalue weighted by atomic mass is 9.85. The Bertz CT molecular complexity index is 521. The third-order valence-corrected chi connectivity index (χ3v) is 4.19. The Kier molecular flexibility index (Phi) is 7.95. The lowest BCUT2D eigenvalue weighted by Gasteiger charge is -2.31. The molecule has 0 spiro atoms. The summed E-state index contributed by atoms with van der Waals surface area (Å²) in [7, 11) is 4.98. The molecule has 1 atom stereocenters. The van der Waals surface area contributed by atoms with Crippen LogP contribution in [0, 0.1) is 11.3 Å². The van der Waals surface area contributed by atoms with Crippen LogP contribution >= 0.6 is 28.1 Å². The van der Waals surface area contributed by atoms with Crippen molar-refractivity contribution in [2.75, 3.05) is 34.5 Å². The second kappa shape index (κ2) is 9.19. The number of nitrogens with one attached hydrogen (secondary N) is 1. The molecule has 0 saturated heterocycles. The first-order chi connectivity index (χ1) is 10.4. The van der Waals surface area contributed by atoms with Gasteiger partial charge in [-0.15, -0.1) is 0 Å². The Hall–Kier alpha value is -1.02. The molecule has 1 aromatic carbocycles. The number of benzene rings is 1. The van der Waals surface area contributed by atoms with Crippen LogP contribution in [0.4, 0.5) is 0 Å². The Morgan fingerprint density at radius 1 is 1.36 bits per heavy atom. The molecule has 122 valence electrons. The maximum Gasteiger partial charge on any atom is 0.171 e. The third-order valence-electron chi connectivity index (χ3n) is 3.43. The predicted molar refractivity (Wildman–Crippen MR) is 96.4 cm³/mol. The number of likely N-dealkylation sites (N-methyl/N-ethyl adjacent to an activating group) is 1. The molecule has 1 rings (SSSR count). The van der Waals surface area contributed by atoms with E-state index >= 15 is 0 Å². The second-order valence-electron chi connectivity index (χ2n) is 4.99. The van der Waals surface area contributed by atoms with Crippen LogP contribution in [-0.2, 0) is 9.47 Å². The quantitative estimate of drug-likeness (QED) is 0.427. The van der Waals surface area contributed by atoms with Gasteiger partial charge in [0.05, 0.1) is 13.2 Å². The molecule has 1 aromatic rings. The van der Waals surface area contributed by atoms with E-state index in [-0.39, 0.29) is 16.9 Å². The van der Waals surface area contributed by atoms with Gasteiger partial charge in [-0.3, -0.25) is 5.41 Å². The highest BCUT2D eigenvalue weighted by molar-refractivity contribution is 9.10. The van der Waals surface area contributed by atoms with E-state index in [1.54, 1.807) is 21.3 Å². The number of rotatable bonds is 7. The Labute approximate surface area is 145 Å². The van der Waals surface area contributed by atoms with Gasteiger partial charge in [0.15, 0.2) is 5.11 Å². The van der Waals surface area contributed by atoms with Crippen molar-refractivity contribution in [2.45, 2.75) is 5.92 Å². The van der Waals surface area contributed by atoms with Gasteiger partial charge >= 0.3 is 0 Å². The maximum atomic E-state index is 8.51. The molecule has 0 aromatic heterocycles. The summed E-state index contributed by atoms with van der Waals surface area (Å²) >= 11 is 8.47. The predicted octanol–water partition coefficient (Wildman–Crippen LogP) is 2.59. The molecule has 0 aliphatic heterocycles. The van der Waals surface area contributed by atoms with E-state index in [0.29, 0.717) is 19.0 Å². The van der Waals surface area contributed by atoms with Gasteiger partial charge in [0.2, 0.25) is 0 Å². The van der Waals surface area contributed by atoms with E-state index in [9.17, 15) is 0 Å². The monoisotopic (exact) mass is 387 g/mol. The first-order valence-corrected chi connectivity index (χ1v) is 7.97. The van der Waals surface area contributed by atoms with Gasteiger partial charge in [0, 0.05) is 37.6 Å². The molecule has 3 N–H and O–H groups in total. The Morgan fingerprint density at radius 2 is 1.95 bits per heavy atom. The van der Waals surface area contributed by atoms with E-state index in [1.165, 1.54) is 4.90 Å². The zero-order valence-electron chi connectivity index (χ0n) is 13.0. The van der Waals surface area contributed by atoms with Gasteiger partial charge in [-0.1, -0.05) is 28.1 Å². The number of hydrogen-bond acceptors (Lipinski definition) is 4. The van der Waals surface area contributed by atoms with Gasteiger partial charge < -0.3 is 20.1 Å². The summed E-state index contributed by atoms with van der Waals surface area (Å²) in [6.07, 6.45) is 0. The standard InChI is InChI=1S/C15H22BrN3O2S/c1-19(15(18)22)14(17)13(11(8-20-2)9-21-3)10-5-4-6-12(16)7-10/h4-7,11,13,17H,8-9H2,1-3H3,(H2,18,22). The van der Waals surface area contributed by atoms with Crippen molar-refractivity contribution >= 4 is 39.1 Å². The normalized spacial score (nSPS) is 12.2. The minimum absolute atomic E-state index is 0.0198. The molecule has 0 aliphatic rings. The van der Waals surface area contributed by atoms with E-state index in [0.717, 1.165) is 10.0 Å². The SMILES string of the molecule is COCC(COC)C(C(=N)N(C)C(N)=S)c1cccc(Br)c1. The number of thiocarbonyl (C=S) groups is 1. The van der Waals surface area contributed by atoms with Gasteiger partial charge in [-0.2, -0.15) is 0 Å². The van der Waals surface area contributed by atoms with Gasteiger partial charge in [-0.05, 0) is 29.9 Å². The molecule has 0 saturated carbocycles. The van der Waals surface area contributed by atoms with Crippen LogP contribution in [-0.4, -0.2) is 50.3 Å². The zero-order valence-corrected chi connectivity index (χ0v) is 15.4. The average Bonchev–Trinajstić information content (AvgIpc) is 2.47. The summed E-state index contributed by atoms with van der Waals surface area (Å²) in [6.45, 7) is 0.942. The topological polar surface area (TPSA) is 71.6 Å². The largest absolute Gasteiger partial charge is 0.384 e. The summed E-state index contributed by atoms with van der Waals surface area (Å²) in [6, 6.07) is 7.86. The van der Waals surface area contributed by atoms with Gasteiger partial charge in [0.1, 0.15) is 5.84 Å². The van der Waals surface area contributed by atoms with Crippen molar-refractivity contribution in [3.63, 3.8) is 0 Å². The van der Waals surface area contributed by atoms with Crippen LogP contribution in [0.5, 0.6) is 0 Å². The lowest BCUT2D eigenvalue weighted by Crippen LogP contribution is -2.43. The fourth-order valence-electron chi connectivity index (χ4n) is 2.35. The molecule has 0 fully saturated rings. The molecular formula is C15H22BrN3O2S. The molecule has 0 radical (unpaired) electrons. The summed E-state index contributed by atoms with van der Waals surface area (Å²) < 4.78 is 11.6. The number of hydrogen-bond donors (Lipinski definition) is 2. The summed E-state index contributed by atoms with van der Waals surface area (Å²) in [5.74, 6) is 0.0715. The van der Waals surface area contributed by atoms with E-state index < -0.39 is 0 Å². The average molecular weight is 388 g/mol. The van der Waals surface area contributed by atoms with Crippen LogP contribution in [0.2, 0.25) is 0 Å². The lowest BCUT2D eigenvalue weighted by molar-refractivity contribution is 0.0794. The number of halogens is 1. The van der Waals surface area contributed by atoms with Crippen LogP contribution in [0.15, 0.2) is 28.7 Å². The highest BCUT2D eigenvalue weighted by atomic mass is 79.9. The number of nitrogens with two attached hydrogens (primary N) is 1. The Balaban J connectivity index is 3.24. The van der Waals surface area contributed by atoms with Crippen molar-refractivity contribution < 1.29 is 9.47 Å². The number of methoxy groups -OCH3 is 2. The maximum absolute atomic E-state index is 8.51. The molecule has 22 heavy (non-hydrogen) atoms. The van der Waals surface area contributed by atoms with Crippen LogP contribution in [0.3, 0.4) is 0 Å². The molecule has 1 unspecified atom stereocenters. The van der Waals surface area contributed by atoms with Crippen molar-refractivity contribution in [1.29, 1.82) is 5.41 Å².